The van der Waals surface area contributed by atoms with Gasteiger partial charge in [0, 0.05) is 56.5 Å². The minimum Gasteiger partial charge on any atom is -0.384 e. The third kappa shape index (κ3) is 7.39. The van der Waals surface area contributed by atoms with E-state index in [0.29, 0.717) is 5.92 Å². The first-order valence-electron chi connectivity index (χ1n) is 13.7. The Morgan fingerprint density at radius 1 is 0.811 bits per heavy atom. The summed E-state index contributed by atoms with van der Waals surface area (Å²) in [4.78, 5) is 6.79. The monoisotopic (exact) mass is 496 g/mol. The standard InChI is InChI=1S/C33H44N4/c1-26(28-10-7-6-8-11-28)37(33-13-9-12-31(24-33)34-22-23-35(2)3)25-27-14-16-29(17-15-27)30-18-20-32(21-19-30)36(4)5/h9,12-21,24,28,34H,1,6-8,10-11,22-23,25H2,2-5H3. The zero-order valence-electron chi connectivity index (χ0n) is 23.2. The second-order valence-corrected chi connectivity index (χ2v) is 10.8. The molecule has 3 aromatic rings. The van der Waals surface area contributed by atoms with Crippen LogP contribution in [0.25, 0.3) is 11.1 Å². The van der Waals surface area contributed by atoms with Gasteiger partial charge in [-0.15, -0.1) is 0 Å². The predicted molar refractivity (Wildman–Crippen MR) is 162 cm³/mol. The molecule has 0 spiro atoms. The zero-order chi connectivity index (χ0) is 26.2. The summed E-state index contributed by atoms with van der Waals surface area (Å²) in [5.41, 5.74) is 8.66. The molecule has 0 aromatic heterocycles. The van der Waals surface area contributed by atoms with Crippen LogP contribution in [0.3, 0.4) is 0 Å². The highest BCUT2D eigenvalue weighted by atomic mass is 15.1. The van der Waals surface area contributed by atoms with Crippen LogP contribution in [0.1, 0.15) is 37.7 Å². The number of allylic oxidation sites excluding steroid dienone is 1. The molecule has 0 unspecified atom stereocenters. The molecule has 4 nitrogen and oxygen atoms in total. The van der Waals surface area contributed by atoms with Gasteiger partial charge in [-0.1, -0.05) is 68.3 Å². The van der Waals surface area contributed by atoms with Crippen molar-refractivity contribution in [2.45, 2.75) is 38.6 Å². The second-order valence-electron chi connectivity index (χ2n) is 10.8. The van der Waals surface area contributed by atoms with E-state index in [1.165, 1.54) is 65.9 Å². The number of rotatable bonds is 11. The number of anilines is 3. The first-order chi connectivity index (χ1) is 17.9. The molecule has 1 fully saturated rings. The Bertz CT molecular complexity index is 1130. The molecule has 1 saturated carbocycles. The minimum absolute atomic E-state index is 0.564. The number of nitrogens with one attached hydrogen (secondary N) is 1. The van der Waals surface area contributed by atoms with E-state index in [0.717, 1.165) is 25.3 Å². The van der Waals surface area contributed by atoms with Gasteiger partial charge in [-0.3, -0.25) is 0 Å². The maximum absolute atomic E-state index is 4.65. The quantitative estimate of drug-likeness (QED) is 0.297. The Kier molecular flexibility index (Phi) is 9.29. The van der Waals surface area contributed by atoms with Gasteiger partial charge in [0.15, 0.2) is 0 Å². The van der Waals surface area contributed by atoms with E-state index in [1.54, 1.807) is 0 Å². The highest BCUT2D eigenvalue weighted by molar-refractivity contribution is 5.67. The largest absolute Gasteiger partial charge is 0.384 e. The van der Waals surface area contributed by atoms with E-state index in [4.69, 9.17) is 0 Å². The molecular weight excluding hydrogens is 452 g/mol. The number of likely N-dealkylation sites (N-methyl/N-ethyl adjacent to an activating group) is 1. The number of hydrogen-bond donors (Lipinski definition) is 1. The summed E-state index contributed by atoms with van der Waals surface area (Å²) >= 11 is 0. The van der Waals surface area contributed by atoms with Crippen molar-refractivity contribution < 1.29 is 0 Å². The average Bonchev–Trinajstić information content (AvgIpc) is 2.92. The molecule has 1 N–H and O–H groups in total. The molecule has 1 aliphatic rings. The molecule has 4 heteroatoms. The lowest BCUT2D eigenvalue weighted by atomic mass is 9.86. The number of benzene rings is 3. The van der Waals surface area contributed by atoms with Gasteiger partial charge in [-0.25, -0.2) is 0 Å². The first-order valence-corrected chi connectivity index (χ1v) is 13.7. The molecule has 1 aliphatic carbocycles. The highest BCUT2D eigenvalue weighted by Crippen LogP contribution is 2.35. The van der Waals surface area contributed by atoms with E-state index in [2.05, 4.69) is 128 Å². The Morgan fingerprint density at radius 3 is 2.08 bits per heavy atom. The lowest BCUT2D eigenvalue weighted by molar-refractivity contribution is 0.396. The van der Waals surface area contributed by atoms with E-state index >= 15 is 0 Å². The van der Waals surface area contributed by atoms with Crippen LogP contribution < -0.4 is 15.1 Å². The van der Waals surface area contributed by atoms with E-state index in [-0.39, 0.29) is 0 Å². The van der Waals surface area contributed by atoms with E-state index in [9.17, 15) is 0 Å². The van der Waals surface area contributed by atoms with Gasteiger partial charge >= 0.3 is 0 Å². The molecular formula is C33H44N4. The van der Waals surface area contributed by atoms with Crippen LogP contribution in [0.4, 0.5) is 17.1 Å². The van der Waals surface area contributed by atoms with Gasteiger partial charge in [-0.05, 0) is 79.9 Å². The summed E-state index contributed by atoms with van der Waals surface area (Å²) in [7, 11) is 8.37. The van der Waals surface area contributed by atoms with Crippen molar-refractivity contribution in [2.24, 2.45) is 5.92 Å². The van der Waals surface area contributed by atoms with Gasteiger partial charge in [0.1, 0.15) is 0 Å². The molecule has 196 valence electrons. The third-order valence-corrected chi connectivity index (χ3v) is 7.48. The van der Waals surface area contributed by atoms with Crippen LogP contribution in [0, 0.1) is 5.92 Å². The van der Waals surface area contributed by atoms with Crippen molar-refractivity contribution in [1.82, 2.24) is 4.90 Å². The second kappa shape index (κ2) is 12.8. The van der Waals surface area contributed by atoms with Gasteiger partial charge in [-0.2, -0.15) is 0 Å². The summed E-state index contributed by atoms with van der Waals surface area (Å²) in [6.07, 6.45) is 6.47. The lowest BCUT2D eigenvalue weighted by Gasteiger charge is -2.34. The van der Waals surface area contributed by atoms with Crippen LogP contribution in [0.2, 0.25) is 0 Å². The van der Waals surface area contributed by atoms with Gasteiger partial charge in [0.2, 0.25) is 0 Å². The molecule has 0 heterocycles. The van der Waals surface area contributed by atoms with Crippen molar-refractivity contribution in [3.8, 4) is 11.1 Å². The topological polar surface area (TPSA) is 21.8 Å². The Balaban J connectivity index is 1.54. The Hall–Kier alpha value is -3.24. The zero-order valence-corrected chi connectivity index (χ0v) is 23.2. The molecule has 0 aliphatic heterocycles. The fourth-order valence-corrected chi connectivity index (χ4v) is 5.16. The van der Waals surface area contributed by atoms with E-state index < -0.39 is 0 Å². The molecule has 4 rings (SSSR count). The molecule has 0 bridgehead atoms. The van der Waals surface area contributed by atoms with Crippen molar-refractivity contribution in [3.05, 3.63) is 90.6 Å². The summed E-state index contributed by atoms with van der Waals surface area (Å²) < 4.78 is 0. The summed E-state index contributed by atoms with van der Waals surface area (Å²) in [5.74, 6) is 0.564. The summed E-state index contributed by atoms with van der Waals surface area (Å²) in [6.45, 7) is 7.41. The smallest absolute Gasteiger partial charge is 0.0478 e. The van der Waals surface area contributed by atoms with Crippen LogP contribution >= 0.6 is 0 Å². The van der Waals surface area contributed by atoms with Crippen LogP contribution in [-0.2, 0) is 6.54 Å². The van der Waals surface area contributed by atoms with Gasteiger partial charge in [0.25, 0.3) is 0 Å². The van der Waals surface area contributed by atoms with Crippen molar-refractivity contribution in [3.63, 3.8) is 0 Å². The average molecular weight is 497 g/mol. The molecule has 0 radical (unpaired) electrons. The molecule has 0 amide bonds. The number of nitrogens with zero attached hydrogens (tertiary/aromatic N) is 3. The fourth-order valence-electron chi connectivity index (χ4n) is 5.16. The normalized spacial score (nSPS) is 14.0. The maximum Gasteiger partial charge on any atom is 0.0478 e. The minimum atomic E-state index is 0.564. The summed E-state index contributed by atoms with van der Waals surface area (Å²) in [6, 6.07) is 26.7. The van der Waals surface area contributed by atoms with E-state index in [1.807, 2.05) is 0 Å². The third-order valence-electron chi connectivity index (χ3n) is 7.48. The molecule has 0 saturated heterocycles. The van der Waals surface area contributed by atoms with Gasteiger partial charge < -0.3 is 20.0 Å². The number of hydrogen-bond acceptors (Lipinski definition) is 4. The predicted octanol–water partition coefficient (Wildman–Crippen LogP) is 7.49. The summed E-state index contributed by atoms with van der Waals surface area (Å²) in [5, 5.41) is 3.59. The Labute approximate surface area is 224 Å². The lowest BCUT2D eigenvalue weighted by Crippen LogP contribution is -2.27. The van der Waals surface area contributed by atoms with Crippen LogP contribution in [-0.4, -0.2) is 46.2 Å². The van der Waals surface area contributed by atoms with Crippen molar-refractivity contribution in [2.75, 3.05) is 56.4 Å². The first kappa shape index (κ1) is 26.8. The van der Waals surface area contributed by atoms with Crippen molar-refractivity contribution >= 4 is 17.1 Å². The van der Waals surface area contributed by atoms with Gasteiger partial charge in [0.05, 0.1) is 0 Å². The van der Waals surface area contributed by atoms with Crippen LogP contribution in [0.5, 0.6) is 0 Å². The van der Waals surface area contributed by atoms with Crippen molar-refractivity contribution in [1.29, 1.82) is 0 Å². The molecule has 37 heavy (non-hydrogen) atoms. The SMILES string of the molecule is C=C(C1CCCCC1)N(Cc1ccc(-c2ccc(N(C)C)cc2)cc1)c1cccc(NCCN(C)C)c1. The Morgan fingerprint density at radius 2 is 1.46 bits per heavy atom. The molecule has 0 atom stereocenters. The highest BCUT2D eigenvalue weighted by Gasteiger charge is 2.22. The maximum atomic E-state index is 4.65. The van der Waals surface area contributed by atoms with Crippen LogP contribution in [0.15, 0.2) is 85.1 Å². The fraction of sp³-hybridized carbons (Fsp3) is 0.394. The molecule has 3 aromatic carbocycles.